The number of likely N-dealkylation sites (tertiary alicyclic amines) is 1. The summed E-state index contributed by atoms with van der Waals surface area (Å²) in [5, 5.41) is 11.6. The topological polar surface area (TPSA) is 69.6 Å². The molecular formula is C15H19BrN2O3. The smallest absolute Gasteiger partial charge is 0.321 e. The van der Waals surface area contributed by atoms with E-state index in [0.29, 0.717) is 25.4 Å². The number of nitrogens with zero attached hydrogens (tertiary/aromatic N) is 1. The largest absolute Gasteiger partial charge is 0.481 e. The van der Waals surface area contributed by atoms with Crippen LogP contribution in [0.2, 0.25) is 0 Å². The second-order valence-corrected chi connectivity index (χ2v) is 6.28. The molecule has 1 aliphatic rings. The standard InChI is InChI=1S/C15H19BrN2O3/c1-10-8-12(3-4-13(10)16)17-15(21)18-7-6-11(9-18)2-5-14(19)20/h3-4,8,11H,2,5-7,9H2,1H3,(H,17,21)(H,19,20). The third-order valence-corrected chi connectivity index (χ3v) is 4.64. The normalized spacial score (nSPS) is 17.8. The summed E-state index contributed by atoms with van der Waals surface area (Å²) >= 11 is 3.43. The number of amides is 2. The fourth-order valence-corrected chi connectivity index (χ4v) is 2.75. The summed E-state index contributed by atoms with van der Waals surface area (Å²) in [6.07, 6.45) is 1.68. The molecule has 114 valence electrons. The van der Waals surface area contributed by atoms with Crippen LogP contribution in [-0.4, -0.2) is 35.1 Å². The number of rotatable bonds is 4. The van der Waals surface area contributed by atoms with E-state index in [2.05, 4.69) is 21.2 Å². The average molecular weight is 355 g/mol. The molecule has 1 saturated heterocycles. The van der Waals surface area contributed by atoms with Crippen LogP contribution >= 0.6 is 15.9 Å². The first-order valence-electron chi connectivity index (χ1n) is 6.99. The molecule has 1 aliphatic heterocycles. The Morgan fingerprint density at radius 3 is 2.90 bits per heavy atom. The highest BCUT2D eigenvalue weighted by Gasteiger charge is 2.26. The van der Waals surface area contributed by atoms with Crippen molar-refractivity contribution in [2.24, 2.45) is 5.92 Å². The van der Waals surface area contributed by atoms with E-state index in [4.69, 9.17) is 5.11 Å². The van der Waals surface area contributed by atoms with Gasteiger partial charge in [0.1, 0.15) is 0 Å². The zero-order valence-electron chi connectivity index (χ0n) is 11.9. The number of urea groups is 1. The number of nitrogens with one attached hydrogen (secondary N) is 1. The molecule has 2 rings (SSSR count). The van der Waals surface area contributed by atoms with Crippen molar-refractivity contribution in [3.05, 3.63) is 28.2 Å². The van der Waals surface area contributed by atoms with Gasteiger partial charge in [0, 0.05) is 29.7 Å². The number of hydrogen-bond donors (Lipinski definition) is 2. The Morgan fingerprint density at radius 1 is 1.48 bits per heavy atom. The summed E-state index contributed by atoms with van der Waals surface area (Å²) < 4.78 is 1.01. The molecule has 0 bridgehead atoms. The van der Waals surface area contributed by atoms with Gasteiger partial charge in [-0.05, 0) is 49.4 Å². The molecule has 1 fully saturated rings. The Morgan fingerprint density at radius 2 is 2.24 bits per heavy atom. The van der Waals surface area contributed by atoms with Gasteiger partial charge >= 0.3 is 12.0 Å². The molecule has 0 saturated carbocycles. The van der Waals surface area contributed by atoms with Gasteiger partial charge in [0.05, 0.1) is 0 Å². The first-order chi connectivity index (χ1) is 9.95. The van der Waals surface area contributed by atoms with Crippen LogP contribution in [0.3, 0.4) is 0 Å². The quantitative estimate of drug-likeness (QED) is 0.869. The van der Waals surface area contributed by atoms with Crippen LogP contribution < -0.4 is 5.32 Å². The lowest BCUT2D eigenvalue weighted by molar-refractivity contribution is -0.137. The van der Waals surface area contributed by atoms with E-state index in [-0.39, 0.29) is 12.5 Å². The molecule has 2 amide bonds. The molecule has 0 aromatic heterocycles. The molecule has 5 nitrogen and oxygen atoms in total. The molecule has 0 radical (unpaired) electrons. The minimum Gasteiger partial charge on any atom is -0.481 e. The minimum atomic E-state index is -0.775. The van der Waals surface area contributed by atoms with E-state index in [1.54, 1.807) is 4.90 Å². The Kier molecular flexibility index (Phi) is 5.22. The molecule has 1 unspecified atom stereocenters. The molecule has 2 N–H and O–H groups in total. The van der Waals surface area contributed by atoms with Crippen LogP contribution in [0.1, 0.15) is 24.8 Å². The van der Waals surface area contributed by atoms with Gasteiger partial charge in [-0.3, -0.25) is 4.79 Å². The van der Waals surface area contributed by atoms with E-state index in [1.807, 2.05) is 25.1 Å². The number of carboxylic acids is 1. The maximum Gasteiger partial charge on any atom is 0.321 e. The van der Waals surface area contributed by atoms with Crippen molar-refractivity contribution in [1.29, 1.82) is 0 Å². The summed E-state index contributed by atoms with van der Waals surface area (Å²) in [5.41, 5.74) is 1.84. The minimum absolute atomic E-state index is 0.116. The average Bonchev–Trinajstić information content (AvgIpc) is 2.89. The van der Waals surface area contributed by atoms with Gasteiger partial charge in [0.15, 0.2) is 0 Å². The first-order valence-corrected chi connectivity index (χ1v) is 7.79. The molecule has 0 spiro atoms. The Hall–Kier alpha value is -1.56. The Balaban J connectivity index is 1.86. The lowest BCUT2D eigenvalue weighted by Crippen LogP contribution is -2.33. The second kappa shape index (κ2) is 6.93. The van der Waals surface area contributed by atoms with Gasteiger partial charge in [-0.25, -0.2) is 4.79 Å². The maximum atomic E-state index is 12.2. The Bertz CT molecular complexity index is 548. The molecule has 21 heavy (non-hydrogen) atoms. The van der Waals surface area contributed by atoms with Crippen LogP contribution in [0, 0.1) is 12.8 Å². The third kappa shape index (κ3) is 4.46. The van der Waals surface area contributed by atoms with E-state index in [9.17, 15) is 9.59 Å². The molecule has 0 aliphatic carbocycles. The van der Waals surface area contributed by atoms with Crippen molar-refractivity contribution >= 4 is 33.6 Å². The molecule has 1 atom stereocenters. The van der Waals surface area contributed by atoms with Crippen LogP contribution in [0.15, 0.2) is 22.7 Å². The number of benzene rings is 1. The number of carbonyl (C=O) groups is 2. The summed E-state index contributed by atoms with van der Waals surface area (Å²) in [6, 6.07) is 5.56. The predicted molar refractivity (Wildman–Crippen MR) is 84.4 cm³/mol. The van der Waals surface area contributed by atoms with Gasteiger partial charge in [-0.15, -0.1) is 0 Å². The van der Waals surface area contributed by atoms with E-state index in [1.165, 1.54) is 0 Å². The van der Waals surface area contributed by atoms with Crippen molar-refractivity contribution in [2.45, 2.75) is 26.2 Å². The van der Waals surface area contributed by atoms with Gasteiger partial charge in [-0.1, -0.05) is 15.9 Å². The maximum absolute atomic E-state index is 12.2. The summed E-state index contributed by atoms with van der Waals surface area (Å²) in [6.45, 7) is 3.29. The highest BCUT2D eigenvalue weighted by Crippen LogP contribution is 2.23. The monoisotopic (exact) mass is 354 g/mol. The molecule has 1 aromatic rings. The van der Waals surface area contributed by atoms with E-state index < -0.39 is 5.97 Å². The fraction of sp³-hybridized carbons (Fsp3) is 0.467. The van der Waals surface area contributed by atoms with Gasteiger partial charge in [0.25, 0.3) is 0 Å². The van der Waals surface area contributed by atoms with E-state index in [0.717, 1.165) is 22.1 Å². The number of carboxylic acid groups (broad SMARTS) is 1. The zero-order chi connectivity index (χ0) is 15.4. The summed E-state index contributed by atoms with van der Waals surface area (Å²) in [4.78, 5) is 24.5. The number of halogens is 1. The summed E-state index contributed by atoms with van der Waals surface area (Å²) in [5.74, 6) is -0.484. The third-order valence-electron chi connectivity index (χ3n) is 3.75. The fourth-order valence-electron chi connectivity index (χ4n) is 2.51. The van der Waals surface area contributed by atoms with Crippen LogP contribution in [-0.2, 0) is 4.79 Å². The highest BCUT2D eigenvalue weighted by atomic mass is 79.9. The number of aryl methyl sites for hydroxylation is 1. The van der Waals surface area contributed by atoms with Crippen molar-refractivity contribution in [1.82, 2.24) is 4.90 Å². The number of hydrogen-bond acceptors (Lipinski definition) is 2. The zero-order valence-corrected chi connectivity index (χ0v) is 13.5. The number of aliphatic carboxylic acids is 1. The van der Waals surface area contributed by atoms with Crippen LogP contribution in [0.4, 0.5) is 10.5 Å². The molecule has 1 aromatic carbocycles. The van der Waals surface area contributed by atoms with Gasteiger partial charge in [0.2, 0.25) is 0 Å². The van der Waals surface area contributed by atoms with Crippen molar-refractivity contribution < 1.29 is 14.7 Å². The molecule has 1 heterocycles. The van der Waals surface area contributed by atoms with Crippen LogP contribution in [0.25, 0.3) is 0 Å². The van der Waals surface area contributed by atoms with Crippen molar-refractivity contribution in [3.8, 4) is 0 Å². The SMILES string of the molecule is Cc1cc(NC(=O)N2CCC(CCC(=O)O)C2)ccc1Br. The lowest BCUT2D eigenvalue weighted by Gasteiger charge is -2.17. The van der Waals surface area contributed by atoms with Crippen LogP contribution in [0.5, 0.6) is 0 Å². The first kappa shape index (κ1) is 15.8. The number of carbonyl (C=O) groups excluding carboxylic acids is 1. The van der Waals surface area contributed by atoms with Crippen molar-refractivity contribution in [2.75, 3.05) is 18.4 Å². The van der Waals surface area contributed by atoms with Gasteiger partial charge in [-0.2, -0.15) is 0 Å². The molecular weight excluding hydrogens is 336 g/mol. The van der Waals surface area contributed by atoms with Crippen molar-refractivity contribution in [3.63, 3.8) is 0 Å². The second-order valence-electron chi connectivity index (χ2n) is 5.43. The highest BCUT2D eigenvalue weighted by molar-refractivity contribution is 9.10. The molecule has 6 heteroatoms. The summed E-state index contributed by atoms with van der Waals surface area (Å²) in [7, 11) is 0. The Labute approximate surface area is 132 Å². The van der Waals surface area contributed by atoms with E-state index >= 15 is 0 Å². The number of anilines is 1. The lowest BCUT2D eigenvalue weighted by atomic mass is 10.0. The predicted octanol–water partition coefficient (Wildman–Crippen LogP) is 3.48. The van der Waals surface area contributed by atoms with Gasteiger partial charge < -0.3 is 15.3 Å².